The van der Waals surface area contributed by atoms with Crippen LogP contribution in [0, 0.1) is 11.8 Å². The van der Waals surface area contributed by atoms with Crippen LogP contribution in [0.15, 0.2) is 67.1 Å². The van der Waals surface area contributed by atoms with Gasteiger partial charge < -0.3 is 10.2 Å². The summed E-state index contributed by atoms with van der Waals surface area (Å²) >= 11 is 0. The Hall–Kier alpha value is -4.20. The predicted molar refractivity (Wildman–Crippen MR) is 142 cm³/mol. The average molecular weight is 533 g/mol. The Balaban J connectivity index is 1.31. The number of pyridine rings is 2. The summed E-state index contributed by atoms with van der Waals surface area (Å²) in [5.74, 6) is 5.60. The van der Waals surface area contributed by atoms with Gasteiger partial charge in [0.1, 0.15) is 5.82 Å². The molecule has 1 aliphatic heterocycles. The summed E-state index contributed by atoms with van der Waals surface area (Å²) < 4.78 is 43.6. The topological polar surface area (TPSA) is 65.8 Å². The van der Waals surface area contributed by atoms with Crippen molar-refractivity contribution in [1.29, 1.82) is 0 Å². The lowest BCUT2D eigenvalue weighted by Gasteiger charge is -2.34. The van der Waals surface area contributed by atoms with Crippen molar-refractivity contribution in [3.8, 4) is 11.8 Å². The lowest BCUT2D eigenvalue weighted by molar-refractivity contribution is -0.138. The number of halogens is 3. The second-order valence-corrected chi connectivity index (χ2v) is 9.30. The van der Waals surface area contributed by atoms with E-state index in [0.717, 1.165) is 36.8 Å². The van der Waals surface area contributed by atoms with Crippen LogP contribution in [0.3, 0.4) is 0 Å². The first-order valence-corrected chi connectivity index (χ1v) is 12.7. The zero-order valence-electron chi connectivity index (χ0n) is 21.4. The molecule has 1 saturated heterocycles. The van der Waals surface area contributed by atoms with E-state index in [9.17, 15) is 18.0 Å². The fourth-order valence-corrected chi connectivity index (χ4v) is 4.56. The second kappa shape index (κ2) is 11.3. The van der Waals surface area contributed by atoms with E-state index in [4.69, 9.17) is 0 Å². The molecule has 0 unspecified atom stereocenters. The van der Waals surface area contributed by atoms with Crippen LogP contribution in [0.5, 0.6) is 0 Å². The fourth-order valence-electron chi connectivity index (χ4n) is 4.56. The van der Waals surface area contributed by atoms with E-state index in [2.05, 4.69) is 39.1 Å². The Kier molecular flexibility index (Phi) is 7.63. The predicted octanol–water partition coefficient (Wildman–Crippen LogP) is 4.54. The van der Waals surface area contributed by atoms with Crippen LogP contribution in [0.1, 0.15) is 39.5 Å². The molecule has 7 nitrogen and oxygen atoms in total. The molecule has 4 heterocycles. The van der Waals surface area contributed by atoms with Gasteiger partial charge in [0.25, 0.3) is 5.91 Å². The molecule has 5 rings (SSSR count). The molecule has 1 aliphatic rings. The Labute approximate surface area is 224 Å². The van der Waals surface area contributed by atoms with E-state index < -0.39 is 17.6 Å². The lowest BCUT2D eigenvalue weighted by Crippen LogP contribution is -2.45. The number of likely N-dealkylation sites (N-methyl/N-ethyl adjacent to an activating group) is 1. The van der Waals surface area contributed by atoms with Crippen LogP contribution in [-0.4, -0.2) is 63.0 Å². The number of fused-ring (bicyclic) bond motifs is 1. The van der Waals surface area contributed by atoms with Crippen molar-refractivity contribution in [3.63, 3.8) is 0 Å². The smallest absolute Gasteiger partial charge is 0.307 e. The molecule has 39 heavy (non-hydrogen) atoms. The number of nitrogens with one attached hydrogen (secondary N) is 1. The minimum absolute atomic E-state index is 0.0912. The first-order chi connectivity index (χ1) is 18.8. The van der Waals surface area contributed by atoms with Gasteiger partial charge in [-0.3, -0.25) is 9.69 Å². The van der Waals surface area contributed by atoms with E-state index in [1.807, 2.05) is 29.3 Å². The summed E-state index contributed by atoms with van der Waals surface area (Å²) in [7, 11) is 0. The van der Waals surface area contributed by atoms with Crippen molar-refractivity contribution in [1.82, 2.24) is 24.4 Å². The summed E-state index contributed by atoms with van der Waals surface area (Å²) in [5.41, 5.74) is 1.46. The number of amides is 1. The standard InChI is InChI=1S/C29H27F3N6O/c1-2-36-13-15-37(16-14-36)20-24-9-8-22(18-25(24)29(30,31)32)28(39)35-27-17-21(10-11-33-27)6-7-23-19-34-38-12-4-3-5-26(23)38/h3-5,8-12,17-19H,2,13-16,20H2,1H3,(H,33,35,39). The van der Waals surface area contributed by atoms with Gasteiger partial charge in [0.15, 0.2) is 0 Å². The number of nitrogens with zero attached hydrogens (tertiary/aromatic N) is 5. The van der Waals surface area contributed by atoms with Gasteiger partial charge in [0.05, 0.1) is 22.8 Å². The molecular formula is C29H27F3N6O. The monoisotopic (exact) mass is 532 g/mol. The number of piperazine rings is 1. The highest BCUT2D eigenvalue weighted by Crippen LogP contribution is 2.33. The molecule has 0 aliphatic carbocycles. The Morgan fingerprint density at radius 3 is 2.59 bits per heavy atom. The Morgan fingerprint density at radius 2 is 1.82 bits per heavy atom. The highest BCUT2D eigenvalue weighted by atomic mass is 19.4. The number of carbonyl (C=O) groups is 1. The van der Waals surface area contributed by atoms with Crippen LogP contribution in [-0.2, 0) is 12.7 Å². The average Bonchev–Trinajstić information content (AvgIpc) is 3.35. The lowest BCUT2D eigenvalue weighted by atomic mass is 10.0. The summed E-state index contributed by atoms with van der Waals surface area (Å²) in [6, 6.07) is 12.7. The maximum atomic E-state index is 13.9. The third-order valence-electron chi connectivity index (χ3n) is 6.75. The van der Waals surface area contributed by atoms with Crippen LogP contribution >= 0.6 is 0 Å². The largest absolute Gasteiger partial charge is 0.416 e. The number of aromatic nitrogens is 3. The van der Waals surface area contributed by atoms with Crippen molar-refractivity contribution in [2.75, 3.05) is 38.0 Å². The van der Waals surface area contributed by atoms with Gasteiger partial charge >= 0.3 is 6.18 Å². The molecule has 1 N–H and O–H groups in total. The molecule has 0 spiro atoms. The van der Waals surface area contributed by atoms with E-state index in [1.165, 1.54) is 18.3 Å². The highest BCUT2D eigenvalue weighted by molar-refractivity contribution is 6.04. The summed E-state index contributed by atoms with van der Waals surface area (Å²) in [5, 5.41) is 6.85. The maximum absolute atomic E-state index is 13.9. The number of benzene rings is 1. The first-order valence-electron chi connectivity index (χ1n) is 12.7. The third kappa shape index (κ3) is 6.28. The fraction of sp³-hybridized carbons (Fsp3) is 0.276. The molecule has 1 aromatic carbocycles. The molecular weight excluding hydrogens is 505 g/mol. The van der Waals surface area contributed by atoms with Crippen molar-refractivity contribution in [3.05, 3.63) is 94.9 Å². The molecule has 200 valence electrons. The first kappa shape index (κ1) is 26.4. The van der Waals surface area contributed by atoms with E-state index in [-0.39, 0.29) is 23.5 Å². The molecule has 0 bridgehead atoms. The van der Waals surface area contributed by atoms with Crippen molar-refractivity contribution < 1.29 is 18.0 Å². The molecule has 10 heteroatoms. The van der Waals surface area contributed by atoms with Crippen LogP contribution in [0.25, 0.3) is 5.52 Å². The maximum Gasteiger partial charge on any atom is 0.416 e. The number of anilines is 1. The zero-order chi connectivity index (χ0) is 27.4. The summed E-state index contributed by atoms with van der Waals surface area (Å²) in [6.07, 6.45) is 0.394. The molecule has 3 aromatic heterocycles. The van der Waals surface area contributed by atoms with Crippen LogP contribution < -0.4 is 5.32 Å². The van der Waals surface area contributed by atoms with Gasteiger partial charge in [0, 0.05) is 56.2 Å². The normalized spacial score (nSPS) is 14.7. The number of alkyl halides is 3. The minimum atomic E-state index is -4.58. The number of carbonyl (C=O) groups excluding carboxylic acids is 1. The highest BCUT2D eigenvalue weighted by Gasteiger charge is 2.34. The molecule has 4 aromatic rings. The molecule has 1 fully saturated rings. The van der Waals surface area contributed by atoms with E-state index in [1.54, 1.807) is 22.8 Å². The summed E-state index contributed by atoms with van der Waals surface area (Å²) in [6.45, 7) is 6.25. The van der Waals surface area contributed by atoms with Crippen LogP contribution in [0.4, 0.5) is 19.0 Å². The second-order valence-electron chi connectivity index (χ2n) is 9.30. The minimum Gasteiger partial charge on any atom is -0.307 e. The van der Waals surface area contributed by atoms with Gasteiger partial charge in [-0.25, -0.2) is 9.50 Å². The van der Waals surface area contributed by atoms with E-state index >= 15 is 0 Å². The number of hydrogen-bond acceptors (Lipinski definition) is 5. The quantitative estimate of drug-likeness (QED) is 0.383. The van der Waals surface area contributed by atoms with Gasteiger partial charge in [-0.1, -0.05) is 30.9 Å². The SMILES string of the molecule is CCN1CCN(Cc2ccc(C(=O)Nc3cc(C#Cc4cnn5ccccc45)ccn3)cc2C(F)(F)F)CC1. The number of hydrogen-bond donors (Lipinski definition) is 1. The Morgan fingerprint density at radius 1 is 1.03 bits per heavy atom. The van der Waals surface area contributed by atoms with Gasteiger partial charge in [0.2, 0.25) is 0 Å². The zero-order valence-corrected chi connectivity index (χ0v) is 21.4. The van der Waals surface area contributed by atoms with Gasteiger partial charge in [-0.05, 0) is 48.5 Å². The van der Waals surface area contributed by atoms with Crippen molar-refractivity contribution in [2.24, 2.45) is 0 Å². The molecule has 0 atom stereocenters. The summed E-state index contributed by atoms with van der Waals surface area (Å²) in [4.78, 5) is 21.3. The van der Waals surface area contributed by atoms with E-state index in [0.29, 0.717) is 18.7 Å². The molecule has 0 saturated carbocycles. The van der Waals surface area contributed by atoms with Gasteiger partial charge in [-0.15, -0.1) is 0 Å². The molecule has 0 radical (unpaired) electrons. The third-order valence-corrected chi connectivity index (χ3v) is 6.75. The van der Waals surface area contributed by atoms with Crippen LogP contribution in [0.2, 0.25) is 0 Å². The van der Waals surface area contributed by atoms with Crippen molar-refractivity contribution >= 4 is 17.2 Å². The number of rotatable bonds is 5. The van der Waals surface area contributed by atoms with Gasteiger partial charge in [-0.2, -0.15) is 18.3 Å². The Bertz CT molecular complexity index is 1540. The van der Waals surface area contributed by atoms with Crippen molar-refractivity contribution in [2.45, 2.75) is 19.6 Å². The molecule has 1 amide bonds.